The summed E-state index contributed by atoms with van der Waals surface area (Å²) in [6.45, 7) is 1.93. The Kier molecular flexibility index (Phi) is 7.56. The van der Waals surface area contributed by atoms with Crippen LogP contribution in [0.3, 0.4) is 0 Å². The first-order valence-electron chi connectivity index (χ1n) is 10.0. The zero-order chi connectivity index (χ0) is 24.7. The molecule has 0 unspecified atom stereocenters. The summed E-state index contributed by atoms with van der Waals surface area (Å²) < 4.78 is 40.8. The molecule has 1 amide bonds. The summed E-state index contributed by atoms with van der Waals surface area (Å²) in [5.41, 5.74) is 1.91. The van der Waals surface area contributed by atoms with Crippen molar-refractivity contribution in [3.63, 3.8) is 0 Å². The number of nitriles is 1. The topological polar surface area (TPSA) is 115 Å². The first kappa shape index (κ1) is 24.4. The number of benzene rings is 3. The van der Waals surface area contributed by atoms with Crippen LogP contribution in [-0.2, 0) is 14.9 Å². The van der Waals surface area contributed by atoms with Crippen LogP contribution >= 0.6 is 0 Å². The lowest BCUT2D eigenvalue weighted by molar-refractivity contribution is -0.112. The highest BCUT2D eigenvalue weighted by molar-refractivity contribution is 7.87. The van der Waals surface area contributed by atoms with Crippen molar-refractivity contribution in [2.45, 2.75) is 11.8 Å². The summed E-state index contributed by atoms with van der Waals surface area (Å²) in [6, 6.07) is 19.1. The van der Waals surface area contributed by atoms with Crippen molar-refractivity contribution in [3.05, 3.63) is 83.4 Å². The number of anilines is 1. The third-order valence-electron chi connectivity index (χ3n) is 4.72. The minimum absolute atomic E-state index is 0.0434. The smallest absolute Gasteiger partial charge is 0.339 e. The standard InChI is InChI=1S/C25H22N2O6S/c1-17-4-7-20(8-5-17)27-25(28)19(16-26)14-18-6-13-23(24(15-18)32-3)33-34(29,30)22-11-9-21(31-2)10-12-22/h4-15H,1-3H3,(H,27,28)/b19-14+. The molecule has 1 N–H and O–H groups in total. The number of nitrogens with one attached hydrogen (secondary N) is 1. The van der Waals surface area contributed by atoms with Crippen molar-refractivity contribution in [2.24, 2.45) is 0 Å². The van der Waals surface area contributed by atoms with E-state index in [9.17, 15) is 18.5 Å². The van der Waals surface area contributed by atoms with Gasteiger partial charge in [0, 0.05) is 5.69 Å². The fraction of sp³-hybridized carbons (Fsp3) is 0.120. The van der Waals surface area contributed by atoms with E-state index in [2.05, 4.69) is 5.32 Å². The quantitative estimate of drug-likeness (QED) is 0.291. The molecule has 0 atom stereocenters. The molecule has 0 spiro atoms. The fourth-order valence-corrected chi connectivity index (χ4v) is 3.84. The van der Waals surface area contributed by atoms with Gasteiger partial charge in [-0.2, -0.15) is 13.7 Å². The Morgan fingerprint density at radius 1 is 0.941 bits per heavy atom. The molecule has 3 rings (SSSR count). The third-order valence-corrected chi connectivity index (χ3v) is 5.97. The van der Waals surface area contributed by atoms with E-state index in [0.29, 0.717) is 17.0 Å². The number of hydrogen-bond acceptors (Lipinski definition) is 7. The molecular weight excluding hydrogens is 456 g/mol. The van der Waals surface area contributed by atoms with E-state index in [1.165, 1.54) is 62.8 Å². The Hall–Kier alpha value is -4.29. The number of amides is 1. The van der Waals surface area contributed by atoms with Crippen LogP contribution in [0, 0.1) is 18.3 Å². The summed E-state index contributed by atoms with van der Waals surface area (Å²) in [5, 5.41) is 12.1. The number of methoxy groups -OCH3 is 2. The first-order valence-corrected chi connectivity index (χ1v) is 11.4. The third kappa shape index (κ3) is 5.94. The summed E-state index contributed by atoms with van der Waals surface area (Å²) in [6.07, 6.45) is 1.37. The monoisotopic (exact) mass is 478 g/mol. The number of rotatable bonds is 8. The summed E-state index contributed by atoms with van der Waals surface area (Å²) >= 11 is 0. The van der Waals surface area contributed by atoms with E-state index in [4.69, 9.17) is 13.7 Å². The lowest BCUT2D eigenvalue weighted by Crippen LogP contribution is -2.13. The predicted octanol–water partition coefficient (Wildman–Crippen LogP) is 4.33. The normalized spacial score (nSPS) is 11.3. The molecular formula is C25H22N2O6S. The van der Waals surface area contributed by atoms with E-state index in [1.807, 2.05) is 25.1 Å². The molecule has 0 saturated carbocycles. The average molecular weight is 479 g/mol. The number of nitrogens with zero attached hydrogens (tertiary/aromatic N) is 1. The van der Waals surface area contributed by atoms with E-state index in [1.54, 1.807) is 12.1 Å². The number of hydrogen-bond donors (Lipinski definition) is 1. The van der Waals surface area contributed by atoms with Crippen LogP contribution < -0.4 is 19.0 Å². The van der Waals surface area contributed by atoms with Gasteiger partial charge in [0.1, 0.15) is 22.3 Å². The molecule has 0 aliphatic carbocycles. The second-order valence-corrected chi connectivity index (χ2v) is 8.66. The Bertz CT molecular complexity index is 1360. The van der Waals surface area contributed by atoms with Crippen molar-refractivity contribution < 1.29 is 26.9 Å². The summed E-state index contributed by atoms with van der Waals surface area (Å²) in [4.78, 5) is 12.4. The second-order valence-electron chi connectivity index (χ2n) is 7.11. The second kappa shape index (κ2) is 10.6. The van der Waals surface area contributed by atoms with Crippen LogP contribution in [-0.4, -0.2) is 28.5 Å². The molecule has 0 bridgehead atoms. The van der Waals surface area contributed by atoms with Gasteiger partial charge in [-0.25, -0.2) is 0 Å². The first-order chi connectivity index (χ1) is 16.2. The van der Waals surface area contributed by atoms with Crippen molar-refractivity contribution in [3.8, 4) is 23.3 Å². The highest BCUT2D eigenvalue weighted by atomic mass is 32.2. The largest absolute Gasteiger partial charge is 0.497 e. The van der Waals surface area contributed by atoms with Gasteiger partial charge in [0.2, 0.25) is 0 Å². The van der Waals surface area contributed by atoms with Crippen molar-refractivity contribution in [1.82, 2.24) is 0 Å². The van der Waals surface area contributed by atoms with E-state index >= 15 is 0 Å². The van der Waals surface area contributed by atoms with Gasteiger partial charge in [-0.15, -0.1) is 0 Å². The van der Waals surface area contributed by atoms with Gasteiger partial charge in [0.25, 0.3) is 5.91 Å². The molecule has 3 aromatic carbocycles. The van der Waals surface area contributed by atoms with Gasteiger partial charge < -0.3 is 19.0 Å². The summed E-state index contributed by atoms with van der Waals surface area (Å²) in [7, 11) is -1.30. The minimum Gasteiger partial charge on any atom is -0.497 e. The molecule has 0 aliphatic heterocycles. The van der Waals surface area contributed by atoms with Gasteiger partial charge in [-0.3, -0.25) is 4.79 Å². The molecule has 0 aliphatic rings. The van der Waals surface area contributed by atoms with Crippen molar-refractivity contribution >= 4 is 27.8 Å². The minimum atomic E-state index is -4.13. The average Bonchev–Trinajstić information content (AvgIpc) is 2.84. The molecule has 0 radical (unpaired) electrons. The Balaban J connectivity index is 1.82. The van der Waals surface area contributed by atoms with Crippen LogP contribution in [0.4, 0.5) is 5.69 Å². The molecule has 8 nitrogen and oxygen atoms in total. The van der Waals surface area contributed by atoms with Crippen molar-refractivity contribution in [2.75, 3.05) is 19.5 Å². The summed E-state index contributed by atoms with van der Waals surface area (Å²) in [5.74, 6) is 0.000245. The predicted molar refractivity (Wildman–Crippen MR) is 127 cm³/mol. The van der Waals surface area contributed by atoms with Crippen LogP contribution in [0.5, 0.6) is 17.2 Å². The Morgan fingerprint density at radius 2 is 1.62 bits per heavy atom. The number of carbonyl (C=O) groups is 1. The molecule has 9 heteroatoms. The highest BCUT2D eigenvalue weighted by Crippen LogP contribution is 2.32. The van der Waals surface area contributed by atoms with E-state index in [-0.39, 0.29) is 22.0 Å². The van der Waals surface area contributed by atoms with Crippen LogP contribution in [0.1, 0.15) is 11.1 Å². The fourth-order valence-electron chi connectivity index (χ4n) is 2.90. The van der Waals surface area contributed by atoms with Crippen LogP contribution in [0.25, 0.3) is 6.08 Å². The highest BCUT2D eigenvalue weighted by Gasteiger charge is 2.20. The lowest BCUT2D eigenvalue weighted by atomic mass is 10.1. The molecule has 0 heterocycles. The van der Waals surface area contributed by atoms with Crippen LogP contribution in [0.15, 0.2) is 77.2 Å². The van der Waals surface area contributed by atoms with Gasteiger partial charge >= 0.3 is 10.1 Å². The zero-order valence-electron chi connectivity index (χ0n) is 18.7. The van der Waals surface area contributed by atoms with Gasteiger partial charge in [-0.05, 0) is 67.1 Å². The molecule has 0 saturated heterocycles. The Labute approximate surface area is 198 Å². The maximum Gasteiger partial charge on any atom is 0.339 e. The van der Waals surface area contributed by atoms with Gasteiger partial charge in [0.05, 0.1) is 14.2 Å². The number of carbonyl (C=O) groups excluding carboxylic acids is 1. The molecule has 0 fully saturated rings. The van der Waals surface area contributed by atoms with E-state index in [0.717, 1.165) is 5.56 Å². The lowest BCUT2D eigenvalue weighted by Gasteiger charge is -2.12. The number of ether oxygens (including phenoxy) is 2. The van der Waals surface area contributed by atoms with Crippen LogP contribution in [0.2, 0.25) is 0 Å². The van der Waals surface area contributed by atoms with Gasteiger partial charge in [-0.1, -0.05) is 23.8 Å². The molecule has 34 heavy (non-hydrogen) atoms. The Morgan fingerprint density at radius 3 is 2.21 bits per heavy atom. The maximum absolute atomic E-state index is 12.6. The molecule has 0 aromatic heterocycles. The number of aryl methyl sites for hydroxylation is 1. The van der Waals surface area contributed by atoms with Gasteiger partial charge in [0.15, 0.2) is 11.5 Å². The zero-order valence-corrected chi connectivity index (χ0v) is 19.5. The molecule has 3 aromatic rings. The van der Waals surface area contributed by atoms with E-state index < -0.39 is 16.0 Å². The van der Waals surface area contributed by atoms with Crippen molar-refractivity contribution in [1.29, 1.82) is 5.26 Å². The SMILES string of the molecule is COc1ccc(S(=O)(=O)Oc2ccc(/C=C(\C#N)C(=O)Nc3ccc(C)cc3)cc2OC)cc1. The molecule has 174 valence electrons. The maximum atomic E-state index is 12.6.